The van der Waals surface area contributed by atoms with E-state index < -0.39 is 12.5 Å². The molecule has 340 valence electrons. The van der Waals surface area contributed by atoms with Crippen LogP contribution >= 0.6 is 0 Å². The molecular formula is C50H59FN10O4. The number of pyridine rings is 1. The van der Waals surface area contributed by atoms with Crippen molar-refractivity contribution in [2.45, 2.75) is 91.6 Å². The number of nitrogens with one attached hydrogen (secondary N) is 1. The van der Waals surface area contributed by atoms with Crippen LogP contribution in [0.1, 0.15) is 79.0 Å². The number of rotatable bonds is 10. The molecule has 0 saturated carbocycles. The van der Waals surface area contributed by atoms with Gasteiger partial charge in [0, 0.05) is 122 Å². The lowest BCUT2D eigenvalue weighted by atomic mass is 9.90. The van der Waals surface area contributed by atoms with Crippen molar-refractivity contribution >= 4 is 46.6 Å². The zero-order chi connectivity index (χ0) is 45.9. The first-order chi connectivity index (χ1) is 31.1. The molecule has 2 saturated heterocycles. The quantitative estimate of drug-likeness (QED) is 0.139. The Labute approximate surface area is 379 Å². The van der Waals surface area contributed by atoms with Gasteiger partial charge in [0.25, 0.3) is 11.5 Å². The molecule has 6 heterocycles. The maximum absolute atomic E-state index is 14.0. The molecule has 1 aliphatic carbocycles. The van der Waals surface area contributed by atoms with Gasteiger partial charge in [0.2, 0.25) is 5.91 Å². The molecule has 5 aromatic rings. The van der Waals surface area contributed by atoms with E-state index >= 15 is 0 Å². The summed E-state index contributed by atoms with van der Waals surface area (Å²) in [5.74, 6) is -0.492. The number of aromatic nitrogens is 4. The van der Waals surface area contributed by atoms with Gasteiger partial charge in [0.15, 0.2) is 5.82 Å². The Bertz CT molecular complexity index is 2780. The van der Waals surface area contributed by atoms with E-state index in [1.54, 1.807) is 42.6 Å². The first-order valence-electron chi connectivity index (χ1n) is 22.7. The highest BCUT2D eigenvalue weighted by Crippen LogP contribution is 2.40. The Morgan fingerprint density at radius 1 is 1.00 bits per heavy atom. The lowest BCUT2D eigenvalue weighted by Gasteiger charge is -2.48. The van der Waals surface area contributed by atoms with Gasteiger partial charge in [-0.3, -0.25) is 24.2 Å². The number of primary amides is 1. The topological polar surface area (TPSA) is 158 Å². The molecule has 0 radical (unpaired) electrons. The number of aliphatic hydroxyl groups is 1. The monoisotopic (exact) mass is 882 g/mol. The van der Waals surface area contributed by atoms with Gasteiger partial charge in [-0.15, -0.1) is 0 Å². The van der Waals surface area contributed by atoms with Gasteiger partial charge in [0.05, 0.1) is 12.3 Å². The number of anilines is 5. The minimum Gasteiger partial charge on any atom is -0.392 e. The summed E-state index contributed by atoms with van der Waals surface area (Å²) >= 11 is 0. The third kappa shape index (κ3) is 8.43. The number of fused-ring (bicyclic) bond motifs is 3. The molecule has 2 amide bonds. The summed E-state index contributed by atoms with van der Waals surface area (Å²) in [7, 11) is 1.64. The molecule has 1 unspecified atom stereocenters. The van der Waals surface area contributed by atoms with Crippen molar-refractivity contribution in [3.05, 3.63) is 117 Å². The van der Waals surface area contributed by atoms with Crippen LogP contribution in [0, 0.1) is 18.2 Å². The molecule has 2 fully saturated rings. The van der Waals surface area contributed by atoms with E-state index in [0.29, 0.717) is 64.8 Å². The van der Waals surface area contributed by atoms with Gasteiger partial charge in [0.1, 0.15) is 17.3 Å². The number of aryl methyl sites for hydroxylation is 2. The molecule has 3 atom stereocenters. The van der Waals surface area contributed by atoms with Gasteiger partial charge in [-0.05, 0) is 118 Å². The highest BCUT2D eigenvalue weighted by molar-refractivity contribution is 6.06. The summed E-state index contributed by atoms with van der Waals surface area (Å²) in [4.78, 5) is 58.1. The normalized spacial score (nSPS) is 21.0. The molecule has 2 aromatic carbocycles. The predicted octanol–water partition coefficient (Wildman–Crippen LogP) is 6.18. The van der Waals surface area contributed by atoms with Gasteiger partial charge in [-0.25, -0.2) is 14.4 Å². The molecular weight excluding hydrogens is 824 g/mol. The lowest BCUT2D eigenvalue weighted by Crippen LogP contribution is -2.58. The second-order valence-corrected chi connectivity index (χ2v) is 19.2. The van der Waals surface area contributed by atoms with Gasteiger partial charge < -0.3 is 35.1 Å². The Morgan fingerprint density at radius 3 is 2.55 bits per heavy atom. The molecule has 14 nitrogen and oxygen atoms in total. The third-order valence-electron chi connectivity index (χ3n) is 13.9. The Kier molecular flexibility index (Phi) is 11.6. The third-order valence-corrected chi connectivity index (χ3v) is 13.9. The number of halogens is 1. The van der Waals surface area contributed by atoms with Crippen LogP contribution in [0.25, 0.3) is 17.3 Å². The predicted molar refractivity (Wildman–Crippen MR) is 253 cm³/mol. The molecule has 3 aliphatic heterocycles. The smallest absolute Gasteiger partial charge is 0.293 e. The van der Waals surface area contributed by atoms with E-state index in [4.69, 9.17) is 10.7 Å². The summed E-state index contributed by atoms with van der Waals surface area (Å²) < 4.78 is 17.6. The van der Waals surface area contributed by atoms with Crippen molar-refractivity contribution in [3.63, 3.8) is 0 Å². The number of aliphatic hydroxyl groups excluding tert-OH is 1. The number of carbonyl (C=O) groups excluding carboxylic acids is 2. The summed E-state index contributed by atoms with van der Waals surface area (Å²) in [6, 6.07) is 15.8. The second kappa shape index (κ2) is 17.2. The number of benzene rings is 2. The fraction of sp³-hybridized carbons (Fsp3) is 0.420. The van der Waals surface area contributed by atoms with Crippen molar-refractivity contribution < 1.29 is 19.1 Å². The molecule has 0 spiro atoms. The molecule has 4 aliphatic rings. The SMILES string of the molecule is Cc1cc(N2CCC(N3CCN(c4ccc(Nc5nc(-c6ccnc(N7CCn8c(cc9c8CC(C)(C)C9)C7=O)c6CO)cn(C)c5=O)cc4C=CC(N)=O)[C@@H](C)C3)C[C@H]2C)ccc1F. The fourth-order valence-electron chi connectivity index (χ4n) is 10.7. The van der Waals surface area contributed by atoms with Crippen LogP contribution in [-0.2, 0) is 37.8 Å². The number of carbonyl (C=O) groups is 2. The number of hydrogen-bond donors (Lipinski definition) is 3. The van der Waals surface area contributed by atoms with Crippen LogP contribution in [0.15, 0.2) is 71.8 Å². The van der Waals surface area contributed by atoms with Crippen LogP contribution < -0.4 is 31.3 Å². The maximum Gasteiger partial charge on any atom is 0.293 e. The largest absolute Gasteiger partial charge is 0.392 e. The highest BCUT2D eigenvalue weighted by Gasteiger charge is 2.38. The second-order valence-electron chi connectivity index (χ2n) is 19.2. The lowest BCUT2D eigenvalue weighted by molar-refractivity contribution is -0.113. The summed E-state index contributed by atoms with van der Waals surface area (Å²) in [5.41, 5.74) is 13.9. The summed E-state index contributed by atoms with van der Waals surface area (Å²) in [5, 5.41) is 14.1. The van der Waals surface area contributed by atoms with Crippen molar-refractivity contribution in [1.29, 1.82) is 0 Å². The number of nitrogens with two attached hydrogens (primary N) is 1. The van der Waals surface area contributed by atoms with E-state index in [9.17, 15) is 23.9 Å². The molecule has 4 N–H and O–H groups in total. The number of piperazine rings is 1. The highest BCUT2D eigenvalue weighted by atomic mass is 19.1. The van der Waals surface area contributed by atoms with Crippen LogP contribution in [0.3, 0.4) is 0 Å². The zero-order valence-electron chi connectivity index (χ0n) is 38.1. The number of hydrogen-bond acceptors (Lipinski definition) is 10. The van der Waals surface area contributed by atoms with E-state index in [1.807, 2.05) is 43.3 Å². The van der Waals surface area contributed by atoms with E-state index in [1.165, 1.54) is 21.9 Å². The van der Waals surface area contributed by atoms with Crippen molar-refractivity contribution in [3.8, 4) is 11.3 Å². The van der Waals surface area contributed by atoms with Crippen LogP contribution in [-0.4, -0.2) is 91.8 Å². The van der Waals surface area contributed by atoms with Crippen molar-refractivity contribution in [2.24, 2.45) is 18.2 Å². The number of piperidine rings is 1. The van der Waals surface area contributed by atoms with Crippen molar-refractivity contribution in [2.75, 3.05) is 52.7 Å². The van der Waals surface area contributed by atoms with Gasteiger partial charge in [-0.1, -0.05) is 13.8 Å². The standard InChI is InChI=1S/C50H59FN10O4/c1-30-21-37(9-10-40(30)51)58-16-14-36(22-31(58)2)57-17-18-59(32(3)27-57)42-11-8-35(23-33(42)7-12-45(52)63)54-46-49(65)56(6)28-41(55-46)38-13-15-53-47(39(38)29-62)61-20-19-60-43(48(61)64)24-34-25-50(4,5)26-44(34)60/h7-13,15,21,23-24,28,31-32,36,62H,14,16-20,22,25-27,29H2,1-6H3,(H2,52,63)(H,54,55)/t31-,32+,36?/m1/s1. The average molecular weight is 883 g/mol. The molecule has 3 aromatic heterocycles. The first-order valence-corrected chi connectivity index (χ1v) is 22.7. The molecule has 65 heavy (non-hydrogen) atoms. The van der Waals surface area contributed by atoms with Crippen LogP contribution in [0.2, 0.25) is 0 Å². The maximum atomic E-state index is 14.0. The fourth-order valence-corrected chi connectivity index (χ4v) is 10.7. The first kappa shape index (κ1) is 43.9. The molecule has 15 heteroatoms. The number of nitrogens with zero attached hydrogens (tertiary/aromatic N) is 8. The zero-order valence-corrected chi connectivity index (χ0v) is 38.1. The van der Waals surface area contributed by atoms with Gasteiger partial charge in [-0.2, -0.15) is 0 Å². The summed E-state index contributed by atoms with van der Waals surface area (Å²) in [6.07, 6.45) is 10.1. The Morgan fingerprint density at radius 2 is 1.82 bits per heavy atom. The van der Waals surface area contributed by atoms with Crippen LogP contribution in [0.4, 0.5) is 33.1 Å². The minimum absolute atomic E-state index is 0.0611. The average Bonchev–Trinajstić information content (AvgIpc) is 3.77. The Balaban J connectivity index is 0.935. The van der Waals surface area contributed by atoms with E-state index in [0.717, 1.165) is 68.8 Å². The van der Waals surface area contributed by atoms with Crippen molar-refractivity contribution in [1.82, 2.24) is 24.0 Å². The minimum atomic E-state index is -0.573. The van der Waals surface area contributed by atoms with E-state index in [-0.39, 0.29) is 34.6 Å². The molecule has 0 bridgehead atoms. The van der Waals surface area contributed by atoms with E-state index in [2.05, 4.69) is 57.3 Å². The molecule has 9 rings (SSSR count). The van der Waals surface area contributed by atoms with Crippen LogP contribution in [0.5, 0.6) is 0 Å². The number of amides is 2. The summed E-state index contributed by atoms with van der Waals surface area (Å²) in [6.45, 7) is 14.8. The van der Waals surface area contributed by atoms with Gasteiger partial charge >= 0.3 is 0 Å². The Hall–Kier alpha value is -6.32.